The third-order valence-corrected chi connectivity index (χ3v) is 6.24. The second kappa shape index (κ2) is 10.3. The van der Waals surface area contributed by atoms with Crippen LogP contribution in [0.2, 0.25) is 0 Å². The highest BCUT2D eigenvalue weighted by atomic mass is 16.5. The van der Waals surface area contributed by atoms with Gasteiger partial charge in [-0.15, -0.1) is 0 Å². The van der Waals surface area contributed by atoms with Crippen LogP contribution in [0, 0.1) is 5.92 Å². The molecule has 2 aromatic carbocycles. The number of aromatic nitrogens is 1. The molecule has 4 rings (SSSR count). The summed E-state index contributed by atoms with van der Waals surface area (Å²) in [6.07, 6.45) is 7.41. The molecule has 33 heavy (non-hydrogen) atoms. The van der Waals surface area contributed by atoms with E-state index in [9.17, 15) is 4.79 Å². The number of nitrogens with zero attached hydrogens (tertiary/aromatic N) is 2. The van der Waals surface area contributed by atoms with E-state index in [2.05, 4.69) is 31.7 Å². The zero-order chi connectivity index (χ0) is 23.4. The zero-order valence-corrected chi connectivity index (χ0v) is 20.0. The van der Waals surface area contributed by atoms with Gasteiger partial charge in [0.2, 0.25) is 0 Å². The van der Waals surface area contributed by atoms with E-state index in [0.29, 0.717) is 23.7 Å². The van der Waals surface area contributed by atoms with Crippen LogP contribution in [-0.4, -0.2) is 41.6 Å². The van der Waals surface area contributed by atoms with E-state index in [-0.39, 0.29) is 5.78 Å². The summed E-state index contributed by atoms with van der Waals surface area (Å²) in [7, 11) is 0. The van der Waals surface area contributed by atoms with Crippen LogP contribution in [0.4, 0.5) is 0 Å². The minimum absolute atomic E-state index is 0.00784. The van der Waals surface area contributed by atoms with Crippen molar-refractivity contribution in [2.75, 3.05) is 32.1 Å². The van der Waals surface area contributed by atoms with Crippen molar-refractivity contribution in [3.05, 3.63) is 71.4 Å². The normalized spacial score (nSPS) is 14.6. The van der Waals surface area contributed by atoms with Crippen LogP contribution in [0.5, 0.6) is 5.75 Å². The summed E-state index contributed by atoms with van der Waals surface area (Å²) in [5, 5.41) is 1.03. The number of hydrogen-bond donors (Lipinski definition) is 1. The molecule has 0 spiro atoms. The van der Waals surface area contributed by atoms with Crippen LogP contribution in [-0.2, 0) is 0 Å². The summed E-state index contributed by atoms with van der Waals surface area (Å²) in [6, 6.07) is 13.2. The maximum Gasteiger partial charge on any atom is 0.193 e. The Morgan fingerprint density at radius 3 is 2.55 bits per heavy atom. The van der Waals surface area contributed by atoms with Crippen LogP contribution in [0.25, 0.3) is 16.5 Å². The van der Waals surface area contributed by atoms with Crippen molar-refractivity contribution in [3.8, 4) is 5.75 Å². The molecule has 174 valence electrons. The maximum atomic E-state index is 13.2. The van der Waals surface area contributed by atoms with E-state index < -0.39 is 0 Å². The number of unbranched alkanes of at least 4 members (excludes halogenated alkanes) is 1. The van der Waals surface area contributed by atoms with Crippen molar-refractivity contribution in [2.24, 2.45) is 5.92 Å². The fraction of sp³-hybridized carbons (Fsp3) is 0.393. The van der Waals surface area contributed by atoms with Crippen molar-refractivity contribution in [1.82, 2.24) is 9.58 Å². The lowest BCUT2D eigenvalue weighted by atomic mass is 9.96. The third-order valence-electron chi connectivity index (χ3n) is 6.24. The Morgan fingerprint density at radius 2 is 1.88 bits per heavy atom. The fourth-order valence-electron chi connectivity index (χ4n) is 4.49. The number of ether oxygens (including phenoxy) is 1. The molecule has 1 aliphatic rings. The number of fused-ring (bicyclic) bond motifs is 1. The second-order valence-corrected chi connectivity index (χ2v) is 9.37. The summed E-state index contributed by atoms with van der Waals surface area (Å²) < 4.78 is 7.39. The number of carbonyl (C=O) groups is 1. The van der Waals surface area contributed by atoms with Crippen molar-refractivity contribution >= 4 is 22.3 Å². The molecule has 5 heteroatoms. The smallest absolute Gasteiger partial charge is 0.193 e. The molecule has 0 amide bonds. The van der Waals surface area contributed by atoms with Crippen LogP contribution in [0.1, 0.15) is 61.5 Å². The molecule has 1 aliphatic heterocycles. The highest BCUT2D eigenvalue weighted by Gasteiger charge is 2.19. The van der Waals surface area contributed by atoms with Crippen molar-refractivity contribution in [1.29, 1.82) is 0 Å². The first kappa shape index (κ1) is 23.1. The molecule has 5 nitrogen and oxygen atoms in total. The molecule has 0 unspecified atom stereocenters. The van der Waals surface area contributed by atoms with Crippen molar-refractivity contribution in [3.63, 3.8) is 0 Å². The van der Waals surface area contributed by atoms with Gasteiger partial charge in [0.05, 0.1) is 12.1 Å². The van der Waals surface area contributed by atoms with E-state index in [4.69, 9.17) is 10.6 Å². The lowest BCUT2D eigenvalue weighted by Gasteiger charge is -2.27. The van der Waals surface area contributed by atoms with Gasteiger partial charge in [-0.3, -0.25) is 14.4 Å². The molecule has 1 aromatic heterocycles. The molecule has 2 heterocycles. The predicted octanol–water partition coefficient (Wildman–Crippen LogP) is 5.51. The van der Waals surface area contributed by atoms with Gasteiger partial charge < -0.3 is 10.6 Å². The molecule has 0 saturated heterocycles. The Kier molecular flexibility index (Phi) is 7.19. The van der Waals surface area contributed by atoms with Gasteiger partial charge in [-0.25, -0.2) is 0 Å². The molecule has 0 aliphatic carbocycles. The van der Waals surface area contributed by atoms with Crippen molar-refractivity contribution in [2.45, 2.75) is 40.0 Å². The highest BCUT2D eigenvalue weighted by molar-refractivity contribution is 6.11. The van der Waals surface area contributed by atoms with E-state index in [1.54, 1.807) is 4.68 Å². The summed E-state index contributed by atoms with van der Waals surface area (Å²) in [4.78, 5) is 15.7. The fourth-order valence-corrected chi connectivity index (χ4v) is 4.49. The quantitative estimate of drug-likeness (QED) is 0.268. The highest BCUT2D eigenvalue weighted by Crippen LogP contribution is 2.31. The third kappa shape index (κ3) is 5.31. The van der Waals surface area contributed by atoms with Gasteiger partial charge in [-0.1, -0.05) is 33.3 Å². The van der Waals surface area contributed by atoms with Gasteiger partial charge >= 0.3 is 0 Å². The van der Waals surface area contributed by atoms with E-state index in [1.807, 2.05) is 48.7 Å². The summed E-state index contributed by atoms with van der Waals surface area (Å²) in [5.41, 5.74) is 4.71. The van der Waals surface area contributed by atoms with Gasteiger partial charge in [0.1, 0.15) is 5.75 Å². The number of hydrogen-bond acceptors (Lipinski definition) is 4. The molecule has 0 fully saturated rings. The number of carbonyl (C=O) groups excluding carboxylic acids is 1. The average molecular weight is 446 g/mol. The lowest BCUT2D eigenvalue weighted by molar-refractivity contribution is 0.103. The summed E-state index contributed by atoms with van der Waals surface area (Å²) >= 11 is 0. The summed E-state index contributed by atoms with van der Waals surface area (Å²) in [6.45, 7) is 10.5. The monoisotopic (exact) mass is 445 g/mol. The molecule has 2 N–H and O–H groups in total. The molecular weight excluding hydrogens is 410 g/mol. The molecule has 3 aromatic rings. The van der Waals surface area contributed by atoms with Gasteiger partial charge in [-0.05, 0) is 66.8 Å². The molecule has 0 saturated carbocycles. The Hall–Kier alpha value is -3.05. The number of benzene rings is 2. The minimum Gasteiger partial charge on any atom is -0.494 e. The first-order chi connectivity index (χ1) is 16.0. The Morgan fingerprint density at radius 1 is 1.12 bits per heavy atom. The predicted molar refractivity (Wildman–Crippen MR) is 136 cm³/mol. The van der Waals surface area contributed by atoms with Gasteiger partial charge in [0, 0.05) is 47.9 Å². The van der Waals surface area contributed by atoms with Crippen LogP contribution in [0.3, 0.4) is 0 Å². The first-order valence-corrected chi connectivity index (χ1v) is 12.1. The first-order valence-electron chi connectivity index (χ1n) is 12.1. The van der Waals surface area contributed by atoms with Crippen LogP contribution in [0.15, 0.2) is 54.7 Å². The van der Waals surface area contributed by atoms with Gasteiger partial charge in [-0.2, -0.15) is 0 Å². The van der Waals surface area contributed by atoms with E-state index in [0.717, 1.165) is 61.1 Å². The standard InChI is InChI=1S/C28H35N3O2/c1-4-5-16-33-24-9-6-22(7-10-24)28(32)23-8-11-27-25(17-23)26(19-31(27)29)21-12-14-30(15-13-21)18-20(2)3/h6-12,17,19-20H,4-5,13-16,18,29H2,1-3H3. The van der Waals surface area contributed by atoms with E-state index >= 15 is 0 Å². The topological polar surface area (TPSA) is 60.5 Å². The number of rotatable bonds is 9. The summed E-state index contributed by atoms with van der Waals surface area (Å²) in [5.74, 6) is 7.73. The molecule has 0 atom stereocenters. The number of ketones is 1. The van der Waals surface area contributed by atoms with Crippen LogP contribution >= 0.6 is 0 Å². The number of nitrogens with two attached hydrogens (primary N) is 1. The zero-order valence-electron chi connectivity index (χ0n) is 20.0. The van der Waals surface area contributed by atoms with Crippen molar-refractivity contribution < 1.29 is 9.53 Å². The molecular formula is C28H35N3O2. The minimum atomic E-state index is 0.00784. The van der Waals surface area contributed by atoms with Gasteiger partial charge in [0.15, 0.2) is 5.78 Å². The largest absolute Gasteiger partial charge is 0.494 e. The Labute approximate surface area is 196 Å². The molecule has 0 radical (unpaired) electrons. The molecule has 0 bridgehead atoms. The van der Waals surface area contributed by atoms with Crippen LogP contribution < -0.4 is 10.6 Å². The average Bonchev–Trinajstić information content (AvgIpc) is 3.15. The number of nitrogen functional groups attached to an aromatic ring is 1. The maximum absolute atomic E-state index is 13.2. The lowest BCUT2D eigenvalue weighted by Crippen LogP contribution is -2.31. The Bertz CT molecular complexity index is 1140. The van der Waals surface area contributed by atoms with E-state index in [1.165, 1.54) is 5.57 Å². The van der Waals surface area contributed by atoms with Gasteiger partial charge in [0.25, 0.3) is 0 Å². The SMILES string of the molecule is CCCCOc1ccc(C(=O)c2ccc3c(c2)c(C2=CCN(CC(C)C)CC2)cn3N)cc1. The second-order valence-electron chi connectivity index (χ2n) is 9.37. The Balaban J connectivity index is 1.57.